The fourth-order valence-electron chi connectivity index (χ4n) is 2.35. The smallest absolute Gasteiger partial charge is 0.222 e. The van der Waals surface area contributed by atoms with Crippen molar-refractivity contribution < 1.29 is 9.53 Å². The van der Waals surface area contributed by atoms with Gasteiger partial charge in [-0.15, -0.1) is 24.0 Å². The van der Waals surface area contributed by atoms with E-state index >= 15 is 0 Å². The van der Waals surface area contributed by atoms with Crippen LogP contribution in [0.15, 0.2) is 29.3 Å². The van der Waals surface area contributed by atoms with E-state index in [-0.39, 0.29) is 35.9 Å². The summed E-state index contributed by atoms with van der Waals surface area (Å²) in [6.45, 7) is 8.00. The number of amides is 1. The molecule has 1 aromatic carbocycles. The first kappa shape index (κ1) is 24.5. The van der Waals surface area contributed by atoms with Gasteiger partial charge in [0.15, 0.2) is 5.96 Å². The number of methoxy groups -OCH3 is 1. The quantitative estimate of drug-likeness (QED) is 0.327. The molecule has 0 radical (unpaired) electrons. The van der Waals surface area contributed by atoms with Crippen molar-refractivity contribution in [2.24, 2.45) is 4.99 Å². The minimum Gasteiger partial charge on any atom is -0.496 e. The third kappa shape index (κ3) is 8.73. The van der Waals surface area contributed by atoms with Crippen LogP contribution in [0.4, 0.5) is 0 Å². The van der Waals surface area contributed by atoms with Crippen LogP contribution in [0.5, 0.6) is 5.75 Å². The normalized spacial score (nSPS) is 12.0. The Kier molecular flexibility index (Phi) is 12.9. The molecule has 0 saturated carbocycles. The predicted molar refractivity (Wildman–Crippen MR) is 118 cm³/mol. The van der Waals surface area contributed by atoms with E-state index in [2.05, 4.69) is 22.5 Å². The molecular weight excluding hydrogens is 443 g/mol. The first-order valence-electron chi connectivity index (χ1n) is 8.92. The predicted octanol–water partition coefficient (Wildman–Crippen LogP) is 3.02. The maximum Gasteiger partial charge on any atom is 0.222 e. The number of guanidine groups is 1. The molecule has 148 valence electrons. The SMILES string of the molecule is CCNC(=NCCC(=O)NC(C)CC)N(C)Cc1ccccc1OC.I. The number of halogens is 1. The fourth-order valence-corrected chi connectivity index (χ4v) is 2.35. The van der Waals surface area contributed by atoms with Gasteiger partial charge < -0.3 is 20.3 Å². The topological polar surface area (TPSA) is 66.0 Å². The first-order valence-corrected chi connectivity index (χ1v) is 8.92. The Morgan fingerprint density at radius 3 is 2.62 bits per heavy atom. The molecule has 2 N–H and O–H groups in total. The summed E-state index contributed by atoms with van der Waals surface area (Å²) in [6, 6.07) is 8.15. The molecule has 0 fully saturated rings. The second-order valence-electron chi connectivity index (χ2n) is 6.03. The number of hydrogen-bond acceptors (Lipinski definition) is 3. The Balaban J connectivity index is 0.00000625. The molecule has 0 spiro atoms. The van der Waals surface area contributed by atoms with Gasteiger partial charge in [-0.3, -0.25) is 9.79 Å². The van der Waals surface area contributed by atoms with Crippen molar-refractivity contribution in [3.05, 3.63) is 29.8 Å². The van der Waals surface area contributed by atoms with Crippen LogP contribution >= 0.6 is 24.0 Å². The number of aliphatic imine (C=N–C) groups is 1. The van der Waals surface area contributed by atoms with Crippen molar-refractivity contribution in [3.63, 3.8) is 0 Å². The average Bonchev–Trinajstić information content (AvgIpc) is 2.61. The lowest BCUT2D eigenvalue weighted by Crippen LogP contribution is -2.39. The van der Waals surface area contributed by atoms with Gasteiger partial charge in [0.1, 0.15) is 5.75 Å². The van der Waals surface area contributed by atoms with Crippen molar-refractivity contribution in [1.29, 1.82) is 0 Å². The Morgan fingerprint density at radius 1 is 1.31 bits per heavy atom. The zero-order chi connectivity index (χ0) is 18.7. The van der Waals surface area contributed by atoms with Gasteiger partial charge in [0.05, 0.1) is 13.7 Å². The summed E-state index contributed by atoms with van der Waals surface area (Å²) in [4.78, 5) is 18.5. The fraction of sp³-hybridized carbons (Fsp3) is 0.579. The van der Waals surface area contributed by atoms with Crippen molar-refractivity contribution in [2.45, 2.75) is 46.2 Å². The van der Waals surface area contributed by atoms with Gasteiger partial charge >= 0.3 is 0 Å². The second-order valence-corrected chi connectivity index (χ2v) is 6.03. The van der Waals surface area contributed by atoms with E-state index in [9.17, 15) is 4.79 Å². The molecule has 0 aliphatic heterocycles. The van der Waals surface area contributed by atoms with E-state index in [1.165, 1.54) is 0 Å². The summed E-state index contributed by atoms with van der Waals surface area (Å²) in [6.07, 6.45) is 1.32. The van der Waals surface area contributed by atoms with Crippen molar-refractivity contribution in [1.82, 2.24) is 15.5 Å². The number of rotatable bonds is 9. The minimum atomic E-state index is 0. The van der Waals surface area contributed by atoms with Crippen molar-refractivity contribution >= 4 is 35.8 Å². The number of carbonyl (C=O) groups is 1. The number of nitrogens with zero attached hydrogens (tertiary/aromatic N) is 2. The van der Waals surface area contributed by atoms with Crippen LogP contribution in [-0.4, -0.2) is 50.1 Å². The van der Waals surface area contributed by atoms with Crippen molar-refractivity contribution in [2.75, 3.05) is 27.2 Å². The lowest BCUT2D eigenvalue weighted by molar-refractivity contribution is -0.121. The highest BCUT2D eigenvalue weighted by Crippen LogP contribution is 2.18. The van der Waals surface area contributed by atoms with Crippen LogP contribution in [0.1, 0.15) is 39.2 Å². The standard InChI is InChI=1S/C19H32N4O2.HI/c1-6-15(3)22-18(24)12-13-21-19(20-7-2)23(4)14-16-10-8-9-11-17(16)25-5;/h8-11,15H,6-7,12-14H2,1-5H3,(H,20,21)(H,22,24);1H. The Labute approximate surface area is 174 Å². The molecule has 0 aromatic heterocycles. The summed E-state index contributed by atoms with van der Waals surface area (Å²) < 4.78 is 5.41. The molecule has 1 unspecified atom stereocenters. The number of para-hydroxylation sites is 1. The van der Waals surface area contributed by atoms with Gasteiger partial charge in [0.25, 0.3) is 0 Å². The highest BCUT2D eigenvalue weighted by Gasteiger charge is 2.10. The molecule has 0 aliphatic rings. The maximum absolute atomic E-state index is 11.9. The average molecular weight is 476 g/mol. The number of carbonyl (C=O) groups excluding carboxylic acids is 1. The highest BCUT2D eigenvalue weighted by atomic mass is 127. The van der Waals surface area contributed by atoms with E-state index in [1.54, 1.807) is 7.11 Å². The molecule has 0 saturated heterocycles. The lowest BCUT2D eigenvalue weighted by Gasteiger charge is -2.23. The highest BCUT2D eigenvalue weighted by molar-refractivity contribution is 14.0. The molecule has 6 nitrogen and oxygen atoms in total. The molecule has 7 heteroatoms. The van der Waals surface area contributed by atoms with Crippen LogP contribution < -0.4 is 15.4 Å². The van der Waals surface area contributed by atoms with Gasteiger partial charge in [-0.1, -0.05) is 25.1 Å². The van der Waals surface area contributed by atoms with E-state index in [0.717, 1.165) is 30.2 Å². The van der Waals surface area contributed by atoms with Gasteiger partial charge in [0, 0.05) is 38.2 Å². The second kappa shape index (κ2) is 13.7. The lowest BCUT2D eigenvalue weighted by atomic mass is 10.2. The van der Waals surface area contributed by atoms with Gasteiger partial charge in [-0.2, -0.15) is 0 Å². The zero-order valence-electron chi connectivity index (χ0n) is 16.5. The largest absolute Gasteiger partial charge is 0.496 e. The van der Waals surface area contributed by atoms with Crippen LogP contribution in [-0.2, 0) is 11.3 Å². The number of ether oxygens (including phenoxy) is 1. The van der Waals surface area contributed by atoms with Crippen LogP contribution in [0.3, 0.4) is 0 Å². The molecule has 0 heterocycles. The van der Waals surface area contributed by atoms with Crippen molar-refractivity contribution in [3.8, 4) is 5.75 Å². The van der Waals surface area contributed by atoms with E-state index in [1.807, 2.05) is 50.1 Å². The number of hydrogen-bond donors (Lipinski definition) is 2. The maximum atomic E-state index is 11.9. The molecule has 0 bridgehead atoms. The third-order valence-electron chi connectivity index (χ3n) is 3.92. The molecule has 1 aromatic rings. The van der Waals surface area contributed by atoms with Crippen LogP contribution in [0, 0.1) is 0 Å². The Hall–Kier alpha value is -1.51. The summed E-state index contributed by atoms with van der Waals surface area (Å²) in [7, 11) is 3.65. The zero-order valence-corrected chi connectivity index (χ0v) is 18.9. The molecule has 1 amide bonds. The summed E-state index contributed by atoms with van der Waals surface area (Å²) in [5.74, 6) is 1.68. The summed E-state index contributed by atoms with van der Waals surface area (Å²) in [5, 5.41) is 6.23. The van der Waals surface area contributed by atoms with Gasteiger partial charge in [-0.25, -0.2) is 0 Å². The van der Waals surface area contributed by atoms with Crippen LogP contribution in [0.2, 0.25) is 0 Å². The summed E-state index contributed by atoms with van der Waals surface area (Å²) in [5.41, 5.74) is 1.09. The van der Waals surface area contributed by atoms with Crippen LogP contribution in [0.25, 0.3) is 0 Å². The molecule has 1 atom stereocenters. The summed E-state index contributed by atoms with van der Waals surface area (Å²) >= 11 is 0. The Morgan fingerprint density at radius 2 is 2.00 bits per heavy atom. The first-order chi connectivity index (χ1) is 12.0. The minimum absolute atomic E-state index is 0. The molecule has 26 heavy (non-hydrogen) atoms. The van der Waals surface area contributed by atoms with E-state index in [4.69, 9.17) is 4.74 Å². The van der Waals surface area contributed by atoms with E-state index in [0.29, 0.717) is 19.5 Å². The Bertz CT molecular complexity index is 566. The molecular formula is C19H33IN4O2. The van der Waals surface area contributed by atoms with Gasteiger partial charge in [-0.05, 0) is 26.3 Å². The number of benzene rings is 1. The molecule has 1 rings (SSSR count). The van der Waals surface area contributed by atoms with E-state index < -0.39 is 0 Å². The monoisotopic (exact) mass is 476 g/mol. The number of nitrogens with one attached hydrogen (secondary N) is 2. The third-order valence-corrected chi connectivity index (χ3v) is 3.92. The van der Waals surface area contributed by atoms with Gasteiger partial charge in [0.2, 0.25) is 5.91 Å². The molecule has 0 aliphatic carbocycles.